The average molecular weight is 633 g/mol. The molecule has 0 spiro atoms. The van der Waals surface area contributed by atoms with Crippen molar-refractivity contribution in [2.24, 2.45) is 10.2 Å². The topological polar surface area (TPSA) is 43.2 Å². The summed E-state index contributed by atoms with van der Waals surface area (Å²) in [6.07, 6.45) is 31.4. The summed E-state index contributed by atoms with van der Waals surface area (Å²) in [7, 11) is 3.44. The summed E-state index contributed by atoms with van der Waals surface area (Å²) in [5.41, 5.74) is 4.42. The SMILES string of the molecule is CCCCCCCCCCCCCC(=NN=C(CCCCCCCCCCCCC)c1ccc(OC)cc1)c1ccc(OC)cc1. The van der Waals surface area contributed by atoms with Gasteiger partial charge in [-0.1, -0.05) is 142 Å². The molecule has 0 atom stereocenters. The molecule has 0 aliphatic heterocycles. The predicted molar refractivity (Wildman–Crippen MR) is 201 cm³/mol. The lowest BCUT2D eigenvalue weighted by molar-refractivity contribution is 0.414. The van der Waals surface area contributed by atoms with E-state index < -0.39 is 0 Å². The Morgan fingerprint density at radius 1 is 0.391 bits per heavy atom. The van der Waals surface area contributed by atoms with Crippen LogP contribution in [0.15, 0.2) is 58.7 Å². The second kappa shape index (κ2) is 27.5. The molecule has 0 radical (unpaired) electrons. The first-order valence-electron chi connectivity index (χ1n) is 19.1. The third-order valence-corrected chi connectivity index (χ3v) is 9.17. The van der Waals surface area contributed by atoms with Crippen LogP contribution in [0, 0.1) is 0 Å². The smallest absolute Gasteiger partial charge is 0.118 e. The molecule has 46 heavy (non-hydrogen) atoms. The lowest BCUT2D eigenvalue weighted by Gasteiger charge is -2.10. The van der Waals surface area contributed by atoms with Crippen LogP contribution in [-0.2, 0) is 0 Å². The predicted octanol–water partition coefficient (Wildman–Crippen LogP) is 13.3. The molecule has 0 heterocycles. The molecule has 2 rings (SSSR count). The highest BCUT2D eigenvalue weighted by Gasteiger charge is 2.08. The van der Waals surface area contributed by atoms with Crippen molar-refractivity contribution in [3.63, 3.8) is 0 Å². The van der Waals surface area contributed by atoms with E-state index in [9.17, 15) is 0 Å². The highest BCUT2D eigenvalue weighted by atomic mass is 16.5. The lowest BCUT2D eigenvalue weighted by Crippen LogP contribution is -2.04. The first-order chi connectivity index (χ1) is 22.7. The highest BCUT2D eigenvalue weighted by Crippen LogP contribution is 2.20. The molecule has 0 saturated carbocycles. The summed E-state index contributed by atoms with van der Waals surface area (Å²) in [5, 5.41) is 9.91. The largest absolute Gasteiger partial charge is 0.497 e. The minimum Gasteiger partial charge on any atom is -0.497 e. The first kappa shape index (κ1) is 39.6. The average Bonchev–Trinajstić information content (AvgIpc) is 3.10. The van der Waals surface area contributed by atoms with Crippen molar-refractivity contribution in [1.29, 1.82) is 0 Å². The summed E-state index contributed by atoms with van der Waals surface area (Å²) in [6.45, 7) is 4.58. The molecular formula is C42H68N2O2. The van der Waals surface area contributed by atoms with E-state index in [1.54, 1.807) is 14.2 Å². The Bertz CT molecular complexity index is 957. The van der Waals surface area contributed by atoms with Gasteiger partial charge in [-0.3, -0.25) is 0 Å². The number of methoxy groups -OCH3 is 2. The van der Waals surface area contributed by atoms with Crippen molar-refractivity contribution in [3.05, 3.63) is 59.7 Å². The van der Waals surface area contributed by atoms with Crippen molar-refractivity contribution in [3.8, 4) is 11.5 Å². The second-order valence-electron chi connectivity index (χ2n) is 13.1. The third-order valence-electron chi connectivity index (χ3n) is 9.17. The quantitative estimate of drug-likeness (QED) is 0.0509. The molecule has 0 fully saturated rings. The maximum atomic E-state index is 5.42. The summed E-state index contributed by atoms with van der Waals surface area (Å²) < 4.78 is 10.8. The zero-order valence-electron chi connectivity index (χ0n) is 30.3. The molecule has 0 aromatic heterocycles. The number of unbranched alkanes of at least 4 members (excludes halogenated alkanes) is 20. The van der Waals surface area contributed by atoms with Gasteiger partial charge in [0, 0.05) is 0 Å². The van der Waals surface area contributed by atoms with Gasteiger partial charge in [-0.05, 0) is 85.3 Å². The maximum Gasteiger partial charge on any atom is 0.118 e. The van der Waals surface area contributed by atoms with Gasteiger partial charge >= 0.3 is 0 Å². The number of hydrogen-bond donors (Lipinski definition) is 0. The van der Waals surface area contributed by atoms with Gasteiger partial charge in [0.15, 0.2) is 0 Å². The molecule has 0 aliphatic rings. The van der Waals surface area contributed by atoms with E-state index in [0.717, 1.165) is 59.7 Å². The maximum absolute atomic E-state index is 5.42. The van der Waals surface area contributed by atoms with Crippen molar-refractivity contribution in [2.75, 3.05) is 14.2 Å². The van der Waals surface area contributed by atoms with Crippen LogP contribution in [0.5, 0.6) is 11.5 Å². The minimum atomic E-state index is 0.872. The Morgan fingerprint density at radius 2 is 0.652 bits per heavy atom. The Kier molecular flexibility index (Phi) is 23.6. The molecule has 0 unspecified atom stereocenters. The van der Waals surface area contributed by atoms with E-state index in [-0.39, 0.29) is 0 Å². The number of ether oxygens (including phenoxy) is 2. The van der Waals surface area contributed by atoms with Gasteiger partial charge < -0.3 is 9.47 Å². The van der Waals surface area contributed by atoms with E-state index in [4.69, 9.17) is 19.7 Å². The van der Waals surface area contributed by atoms with Crippen LogP contribution in [0.1, 0.15) is 179 Å². The molecule has 0 saturated heterocycles. The van der Waals surface area contributed by atoms with E-state index in [2.05, 4.69) is 38.1 Å². The van der Waals surface area contributed by atoms with E-state index in [1.165, 1.54) is 128 Å². The molecule has 0 N–H and O–H groups in total. The number of rotatable bonds is 29. The zero-order valence-corrected chi connectivity index (χ0v) is 30.3. The third kappa shape index (κ3) is 18.5. The highest BCUT2D eigenvalue weighted by molar-refractivity contribution is 6.03. The normalized spacial score (nSPS) is 12.1. The molecular weight excluding hydrogens is 564 g/mol. The Hall–Kier alpha value is -2.62. The van der Waals surface area contributed by atoms with Crippen molar-refractivity contribution in [2.45, 2.75) is 168 Å². The molecule has 0 bridgehead atoms. The van der Waals surface area contributed by atoms with E-state index in [0.29, 0.717) is 0 Å². The first-order valence-corrected chi connectivity index (χ1v) is 19.1. The molecule has 258 valence electrons. The van der Waals surface area contributed by atoms with Gasteiger partial charge in [-0.15, -0.1) is 0 Å². The molecule has 4 heteroatoms. The standard InChI is InChI=1S/C42H68N2O2/c1-5-7-9-11-13-15-17-19-21-23-25-27-41(37-29-33-39(45-3)34-30-37)43-44-42(38-31-35-40(46-4)36-32-38)28-26-24-22-20-18-16-14-12-10-8-6-2/h29-36H,5-28H2,1-4H3. The summed E-state index contributed by atoms with van der Waals surface area (Å²) in [6, 6.07) is 16.6. The van der Waals surface area contributed by atoms with Crippen LogP contribution < -0.4 is 9.47 Å². The van der Waals surface area contributed by atoms with Gasteiger partial charge in [0.2, 0.25) is 0 Å². The Morgan fingerprint density at radius 3 is 0.913 bits per heavy atom. The number of benzene rings is 2. The Labute approximate surface area is 283 Å². The fourth-order valence-electron chi connectivity index (χ4n) is 6.10. The van der Waals surface area contributed by atoms with Gasteiger partial charge in [-0.2, -0.15) is 10.2 Å². The summed E-state index contributed by atoms with van der Waals surface area (Å²) >= 11 is 0. The molecule has 0 aliphatic carbocycles. The molecule has 0 amide bonds. The fourth-order valence-corrected chi connectivity index (χ4v) is 6.10. The van der Waals surface area contributed by atoms with Crippen molar-refractivity contribution >= 4 is 11.4 Å². The fraction of sp³-hybridized carbons (Fsp3) is 0.667. The Balaban J connectivity index is 1.97. The molecule has 4 nitrogen and oxygen atoms in total. The second-order valence-corrected chi connectivity index (χ2v) is 13.1. The number of nitrogens with zero attached hydrogens (tertiary/aromatic N) is 2. The van der Waals surface area contributed by atoms with Gasteiger partial charge in [-0.25, -0.2) is 0 Å². The van der Waals surface area contributed by atoms with E-state index in [1.807, 2.05) is 24.3 Å². The van der Waals surface area contributed by atoms with Gasteiger partial charge in [0.05, 0.1) is 25.6 Å². The van der Waals surface area contributed by atoms with E-state index >= 15 is 0 Å². The van der Waals surface area contributed by atoms with Crippen molar-refractivity contribution in [1.82, 2.24) is 0 Å². The molecule has 2 aromatic carbocycles. The zero-order chi connectivity index (χ0) is 32.9. The van der Waals surface area contributed by atoms with Crippen LogP contribution in [0.2, 0.25) is 0 Å². The van der Waals surface area contributed by atoms with Gasteiger partial charge in [0.25, 0.3) is 0 Å². The number of hydrogen-bond acceptors (Lipinski definition) is 4. The van der Waals surface area contributed by atoms with Crippen LogP contribution in [0.4, 0.5) is 0 Å². The molecule has 2 aromatic rings. The van der Waals surface area contributed by atoms with Crippen LogP contribution in [0.3, 0.4) is 0 Å². The lowest BCUT2D eigenvalue weighted by atomic mass is 10.0. The van der Waals surface area contributed by atoms with Crippen LogP contribution in [0.25, 0.3) is 0 Å². The van der Waals surface area contributed by atoms with Crippen molar-refractivity contribution < 1.29 is 9.47 Å². The van der Waals surface area contributed by atoms with Crippen LogP contribution >= 0.6 is 0 Å². The summed E-state index contributed by atoms with van der Waals surface area (Å²) in [5.74, 6) is 1.74. The van der Waals surface area contributed by atoms with Crippen LogP contribution in [-0.4, -0.2) is 25.6 Å². The monoisotopic (exact) mass is 633 g/mol. The van der Waals surface area contributed by atoms with Gasteiger partial charge in [0.1, 0.15) is 11.5 Å². The minimum absolute atomic E-state index is 0.872. The summed E-state index contributed by atoms with van der Waals surface area (Å²) in [4.78, 5) is 0.